The molecule has 0 aromatic rings. The SMILES string of the molecule is CCC1CCC(C(=O)N2CC[C@@](C)(CO)C2)CC1. The number of carbonyl (C=O) groups excluding carboxylic acids is 1. The van der Waals surface area contributed by atoms with Gasteiger partial charge in [0.05, 0.1) is 6.61 Å². The van der Waals surface area contributed by atoms with Crippen LogP contribution in [0.1, 0.15) is 52.4 Å². The van der Waals surface area contributed by atoms with Gasteiger partial charge in [-0.05, 0) is 38.0 Å². The lowest BCUT2D eigenvalue weighted by molar-refractivity contribution is -0.136. The Labute approximate surface area is 111 Å². The third-order valence-corrected chi connectivity index (χ3v) is 5.02. The van der Waals surface area contributed by atoms with Crippen LogP contribution in [-0.4, -0.2) is 35.6 Å². The van der Waals surface area contributed by atoms with E-state index in [2.05, 4.69) is 13.8 Å². The molecule has 18 heavy (non-hydrogen) atoms. The number of likely N-dealkylation sites (tertiary alicyclic amines) is 1. The number of amides is 1. The number of nitrogens with zero attached hydrogens (tertiary/aromatic N) is 1. The Morgan fingerprint density at radius 1 is 1.33 bits per heavy atom. The molecule has 0 spiro atoms. The molecule has 3 nitrogen and oxygen atoms in total. The van der Waals surface area contributed by atoms with E-state index >= 15 is 0 Å². The lowest BCUT2D eigenvalue weighted by Gasteiger charge is -2.30. The van der Waals surface area contributed by atoms with Crippen molar-refractivity contribution < 1.29 is 9.90 Å². The van der Waals surface area contributed by atoms with Crippen molar-refractivity contribution >= 4 is 5.91 Å². The fourth-order valence-corrected chi connectivity index (χ4v) is 3.42. The number of carbonyl (C=O) groups is 1. The van der Waals surface area contributed by atoms with Crippen molar-refractivity contribution in [3.63, 3.8) is 0 Å². The molecule has 0 radical (unpaired) electrons. The zero-order chi connectivity index (χ0) is 13.2. The largest absolute Gasteiger partial charge is 0.396 e. The molecule has 0 aromatic heterocycles. The second-order valence-corrected chi connectivity index (χ2v) is 6.60. The molecule has 0 unspecified atom stereocenters. The number of aliphatic hydroxyl groups is 1. The topological polar surface area (TPSA) is 40.5 Å². The van der Waals surface area contributed by atoms with E-state index in [-0.39, 0.29) is 17.9 Å². The molecule has 1 amide bonds. The smallest absolute Gasteiger partial charge is 0.225 e. The van der Waals surface area contributed by atoms with Gasteiger partial charge in [-0.2, -0.15) is 0 Å². The fraction of sp³-hybridized carbons (Fsp3) is 0.933. The minimum absolute atomic E-state index is 0.0592. The molecular formula is C15H27NO2. The van der Waals surface area contributed by atoms with E-state index in [0.717, 1.165) is 38.3 Å². The van der Waals surface area contributed by atoms with Crippen molar-refractivity contribution in [3.05, 3.63) is 0 Å². The number of hydrogen-bond acceptors (Lipinski definition) is 2. The molecule has 3 heteroatoms. The Hall–Kier alpha value is -0.570. The number of rotatable bonds is 3. The predicted octanol–water partition coefficient (Wildman–Crippen LogP) is 2.43. The summed E-state index contributed by atoms with van der Waals surface area (Å²) in [5.41, 5.74) is -0.0592. The van der Waals surface area contributed by atoms with Gasteiger partial charge in [-0.3, -0.25) is 4.79 Å². The molecule has 1 saturated heterocycles. The van der Waals surface area contributed by atoms with Crippen molar-refractivity contribution in [1.82, 2.24) is 4.90 Å². The number of hydrogen-bond donors (Lipinski definition) is 1. The van der Waals surface area contributed by atoms with Gasteiger partial charge in [0, 0.05) is 24.4 Å². The Bertz CT molecular complexity index is 297. The van der Waals surface area contributed by atoms with Crippen LogP contribution in [0.4, 0.5) is 0 Å². The third-order valence-electron chi connectivity index (χ3n) is 5.02. The van der Waals surface area contributed by atoms with Gasteiger partial charge in [-0.25, -0.2) is 0 Å². The lowest BCUT2D eigenvalue weighted by Crippen LogP contribution is -2.38. The maximum Gasteiger partial charge on any atom is 0.225 e. The van der Waals surface area contributed by atoms with Gasteiger partial charge in [0.1, 0.15) is 0 Å². The molecule has 0 aromatic carbocycles. The highest BCUT2D eigenvalue weighted by Crippen LogP contribution is 2.35. The fourth-order valence-electron chi connectivity index (χ4n) is 3.42. The maximum atomic E-state index is 12.4. The standard InChI is InChI=1S/C15H27NO2/c1-3-12-4-6-13(7-5-12)14(18)16-9-8-15(2,10-16)11-17/h12-13,17H,3-11H2,1-2H3/t12?,13?,15-/m1/s1. The zero-order valence-corrected chi connectivity index (χ0v) is 11.8. The van der Waals surface area contributed by atoms with Gasteiger partial charge >= 0.3 is 0 Å². The molecule has 1 N–H and O–H groups in total. The minimum atomic E-state index is -0.0592. The first kappa shape index (κ1) is 13.9. The summed E-state index contributed by atoms with van der Waals surface area (Å²) in [7, 11) is 0. The Morgan fingerprint density at radius 3 is 2.50 bits per heavy atom. The predicted molar refractivity (Wildman–Crippen MR) is 72.1 cm³/mol. The first-order valence-electron chi connectivity index (χ1n) is 7.47. The monoisotopic (exact) mass is 253 g/mol. The van der Waals surface area contributed by atoms with Crippen molar-refractivity contribution in [3.8, 4) is 0 Å². The highest BCUT2D eigenvalue weighted by Gasteiger charge is 2.38. The molecule has 2 rings (SSSR count). The molecule has 1 aliphatic heterocycles. The van der Waals surface area contributed by atoms with E-state index < -0.39 is 0 Å². The quantitative estimate of drug-likeness (QED) is 0.839. The Kier molecular flexibility index (Phi) is 4.31. The summed E-state index contributed by atoms with van der Waals surface area (Å²) in [6, 6.07) is 0. The second kappa shape index (κ2) is 5.60. The normalized spacial score (nSPS) is 36.9. The second-order valence-electron chi connectivity index (χ2n) is 6.60. The zero-order valence-electron chi connectivity index (χ0n) is 11.8. The molecule has 1 atom stereocenters. The summed E-state index contributed by atoms with van der Waals surface area (Å²) in [6.45, 7) is 6.10. The first-order valence-corrected chi connectivity index (χ1v) is 7.47. The van der Waals surface area contributed by atoms with E-state index in [9.17, 15) is 9.90 Å². The molecule has 0 bridgehead atoms. The summed E-state index contributed by atoms with van der Waals surface area (Å²) in [4.78, 5) is 14.4. The van der Waals surface area contributed by atoms with E-state index in [0.29, 0.717) is 5.91 Å². The summed E-state index contributed by atoms with van der Waals surface area (Å²) in [5.74, 6) is 1.45. The van der Waals surface area contributed by atoms with Crippen LogP contribution in [0, 0.1) is 17.3 Å². The highest BCUT2D eigenvalue weighted by atomic mass is 16.3. The average molecular weight is 253 g/mol. The van der Waals surface area contributed by atoms with Crippen molar-refractivity contribution in [2.75, 3.05) is 19.7 Å². The van der Waals surface area contributed by atoms with Crippen LogP contribution < -0.4 is 0 Å². The molecule has 1 saturated carbocycles. The van der Waals surface area contributed by atoms with Crippen LogP contribution in [-0.2, 0) is 4.79 Å². The molecule has 1 aliphatic carbocycles. The molecule has 104 valence electrons. The van der Waals surface area contributed by atoms with Crippen LogP contribution in [0.3, 0.4) is 0 Å². The molecule has 2 aliphatic rings. The van der Waals surface area contributed by atoms with E-state index in [1.807, 2.05) is 4.90 Å². The number of aliphatic hydroxyl groups excluding tert-OH is 1. The van der Waals surface area contributed by atoms with Gasteiger partial charge in [-0.15, -0.1) is 0 Å². The summed E-state index contributed by atoms with van der Waals surface area (Å²) < 4.78 is 0. The van der Waals surface area contributed by atoms with Crippen LogP contribution in [0.2, 0.25) is 0 Å². The summed E-state index contributed by atoms with van der Waals surface area (Å²) in [5, 5.41) is 9.36. The van der Waals surface area contributed by atoms with Crippen LogP contribution in [0.25, 0.3) is 0 Å². The summed E-state index contributed by atoms with van der Waals surface area (Å²) >= 11 is 0. The van der Waals surface area contributed by atoms with Crippen LogP contribution in [0.5, 0.6) is 0 Å². The first-order chi connectivity index (χ1) is 8.58. The Balaban J connectivity index is 1.86. The van der Waals surface area contributed by atoms with Crippen LogP contribution >= 0.6 is 0 Å². The van der Waals surface area contributed by atoms with Crippen molar-refractivity contribution in [2.24, 2.45) is 17.3 Å². The van der Waals surface area contributed by atoms with Gasteiger partial charge in [0.2, 0.25) is 5.91 Å². The third kappa shape index (κ3) is 2.87. The van der Waals surface area contributed by atoms with E-state index in [4.69, 9.17) is 0 Å². The minimum Gasteiger partial charge on any atom is -0.396 e. The lowest BCUT2D eigenvalue weighted by atomic mass is 9.80. The highest BCUT2D eigenvalue weighted by molar-refractivity contribution is 5.79. The molecular weight excluding hydrogens is 226 g/mol. The van der Waals surface area contributed by atoms with Gasteiger partial charge in [0.15, 0.2) is 0 Å². The Morgan fingerprint density at radius 2 is 2.00 bits per heavy atom. The maximum absolute atomic E-state index is 12.4. The van der Waals surface area contributed by atoms with E-state index in [1.165, 1.54) is 19.3 Å². The molecule has 1 heterocycles. The molecule has 2 fully saturated rings. The van der Waals surface area contributed by atoms with Crippen molar-refractivity contribution in [1.29, 1.82) is 0 Å². The van der Waals surface area contributed by atoms with E-state index in [1.54, 1.807) is 0 Å². The van der Waals surface area contributed by atoms with Gasteiger partial charge in [0.25, 0.3) is 0 Å². The summed E-state index contributed by atoms with van der Waals surface area (Å²) in [6.07, 6.45) is 6.79. The average Bonchev–Trinajstić information content (AvgIpc) is 2.81. The van der Waals surface area contributed by atoms with Crippen LogP contribution in [0.15, 0.2) is 0 Å². The van der Waals surface area contributed by atoms with Gasteiger partial charge in [-0.1, -0.05) is 20.3 Å². The van der Waals surface area contributed by atoms with Gasteiger partial charge < -0.3 is 10.0 Å². The van der Waals surface area contributed by atoms with Crippen molar-refractivity contribution in [2.45, 2.75) is 52.4 Å².